The summed E-state index contributed by atoms with van der Waals surface area (Å²) in [6, 6.07) is -0.939. The minimum absolute atomic E-state index is 0.0534. The third-order valence-electron chi connectivity index (χ3n) is 2.47. The number of nitriles is 1. The Morgan fingerprint density at radius 1 is 1.56 bits per heavy atom. The monoisotopic (exact) mass is 237 g/mol. The maximum Gasteiger partial charge on any atom is 0.405 e. The molecule has 7 heteroatoms. The standard InChI is InChI=1S/C9H14F3N3O/c1-6(14)8(9(10,11)12)15-2-3-16-7(4-13)5-15/h6-8H,2-3,5,14H2,1H3. The van der Waals surface area contributed by atoms with Gasteiger partial charge < -0.3 is 10.5 Å². The van der Waals surface area contributed by atoms with Crippen molar-refractivity contribution in [2.75, 3.05) is 19.7 Å². The van der Waals surface area contributed by atoms with E-state index >= 15 is 0 Å². The second-order valence-electron chi connectivity index (χ2n) is 3.83. The second kappa shape index (κ2) is 4.99. The number of rotatable bonds is 2. The summed E-state index contributed by atoms with van der Waals surface area (Å²) in [6.07, 6.45) is -5.19. The van der Waals surface area contributed by atoms with Crippen molar-refractivity contribution in [3.8, 4) is 6.07 Å². The van der Waals surface area contributed by atoms with Gasteiger partial charge in [-0.2, -0.15) is 18.4 Å². The summed E-state index contributed by atoms with van der Waals surface area (Å²) in [7, 11) is 0. The van der Waals surface area contributed by atoms with Gasteiger partial charge >= 0.3 is 6.18 Å². The Morgan fingerprint density at radius 2 is 2.19 bits per heavy atom. The highest BCUT2D eigenvalue weighted by atomic mass is 19.4. The molecular weight excluding hydrogens is 223 g/mol. The number of hydrogen-bond acceptors (Lipinski definition) is 4. The highest BCUT2D eigenvalue weighted by Gasteiger charge is 2.47. The van der Waals surface area contributed by atoms with Crippen molar-refractivity contribution < 1.29 is 17.9 Å². The quantitative estimate of drug-likeness (QED) is 0.759. The minimum Gasteiger partial charge on any atom is -0.361 e. The molecular formula is C9H14F3N3O. The van der Waals surface area contributed by atoms with Gasteiger partial charge in [0.15, 0.2) is 6.10 Å². The van der Waals surface area contributed by atoms with E-state index in [0.29, 0.717) is 0 Å². The summed E-state index contributed by atoms with van der Waals surface area (Å²) in [5, 5.41) is 8.62. The Balaban J connectivity index is 2.76. The molecule has 4 nitrogen and oxygen atoms in total. The van der Waals surface area contributed by atoms with E-state index in [4.69, 9.17) is 15.7 Å². The number of ether oxygens (including phenoxy) is 1. The molecule has 1 saturated heterocycles. The number of morpholine rings is 1. The zero-order chi connectivity index (χ0) is 12.3. The van der Waals surface area contributed by atoms with Crippen LogP contribution in [0.4, 0.5) is 13.2 Å². The van der Waals surface area contributed by atoms with Gasteiger partial charge in [-0.1, -0.05) is 0 Å². The lowest BCUT2D eigenvalue weighted by Gasteiger charge is -2.38. The maximum absolute atomic E-state index is 12.7. The molecule has 92 valence electrons. The molecule has 0 spiro atoms. The average molecular weight is 237 g/mol. The van der Waals surface area contributed by atoms with Crippen LogP contribution >= 0.6 is 0 Å². The second-order valence-corrected chi connectivity index (χ2v) is 3.83. The van der Waals surface area contributed by atoms with Crippen LogP contribution in [0.3, 0.4) is 0 Å². The summed E-state index contributed by atoms with van der Waals surface area (Å²) < 4.78 is 43.2. The van der Waals surface area contributed by atoms with Gasteiger partial charge in [0.05, 0.1) is 12.7 Å². The molecule has 1 aliphatic rings. The third kappa shape index (κ3) is 3.07. The van der Waals surface area contributed by atoms with Gasteiger partial charge in [-0.25, -0.2) is 0 Å². The molecule has 3 atom stereocenters. The predicted octanol–water partition coefficient (Wildman–Crippen LogP) is 0.489. The van der Waals surface area contributed by atoms with Crippen LogP contribution in [0.2, 0.25) is 0 Å². The average Bonchev–Trinajstić information content (AvgIpc) is 2.15. The topological polar surface area (TPSA) is 62.3 Å². The predicted molar refractivity (Wildman–Crippen MR) is 50.4 cm³/mol. The SMILES string of the molecule is CC(N)C(N1CCOC(C#N)C1)C(F)(F)F. The summed E-state index contributed by atoms with van der Waals surface area (Å²) >= 11 is 0. The summed E-state index contributed by atoms with van der Waals surface area (Å²) in [5.41, 5.74) is 5.36. The molecule has 0 saturated carbocycles. The normalized spacial score (nSPS) is 27.1. The number of nitrogens with zero attached hydrogens (tertiary/aromatic N) is 2. The van der Waals surface area contributed by atoms with Gasteiger partial charge in [0.1, 0.15) is 6.04 Å². The summed E-state index contributed by atoms with van der Waals surface area (Å²) in [5.74, 6) is 0. The third-order valence-corrected chi connectivity index (χ3v) is 2.47. The van der Waals surface area contributed by atoms with E-state index in [1.54, 1.807) is 0 Å². The van der Waals surface area contributed by atoms with E-state index in [2.05, 4.69) is 0 Å². The van der Waals surface area contributed by atoms with E-state index in [0.717, 1.165) is 0 Å². The van der Waals surface area contributed by atoms with Crippen LogP contribution in [-0.4, -0.2) is 49.0 Å². The smallest absolute Gasteiger partial charge is 0.361 e. The highest BCUT2D eigenvalue weighted by Crippen LogP contribution is 2.27. The molecule has 0 aromatic heterocycles. The minimum atomic E-state index is -4.38. The molecule has 0 aromatic rings. The first-order chi connectivity index (χ1) is 7.36. The summed E-state index contributed by atoms with van der Waals surface area (Å²) in [4.78, 5) is 1.17. The van der Waals surface area contributed by atoms with Gasteiger partial charge in [0, 0.05) is 19.1 Å². The largest absolute Gasteiger partial charge is 0.405 e. The lowest BCUT2D eigenvalue weighted by Crippen LogP contribution is -2.59. The summed E-state index contributed by atoms with van der Waals surface area (Å²) in [6.45, 7) is 1.53. The Bertz CT molecular complexity index is 274. The zero-order valence-corrected chi connectivity index (χ0v) is 8.87. The van der Waals surface area contributed by atoms with Crippen LogP contribution in [0.1, 0.15) is 6.92 Å². The Labute approximate surface area is 91.8 Å². The fourth-order valence-electron chi connectivity index (χ4n) is 1.84. The van der Waals surface area contributed by atoms with Crippen LogP contribution in [0.5, 0.6) is 0 Å². The Morgan fingerprint density at radius 3 is 2.62 bits per heavy atom. The molecule has 3 unspecified atom stereocenters. The molecule has 0 bridgehead atoms. The first kappa shape index (κ1) is 13.2. The number of alkyl halides is 3. The van der Waals surface area contributed by atoms with E-state index in [-0.39, 0.29) is 19.7 Å². The molecule has 16 heavy (non-hydrogen) atoms. The van der Waals surface area contributed by atoms with Crippen LogP contribution in [0.25, 0.3) is 0 Å². The molecule has 1 aliphatic heterocycles. The lowest BCUT2D eigenvalue weighted by molar-refractivity contribution is -0.198. The lowest BCUT2D eigenvalue weighted by atomic mass is 10.1. The Kier molecular flexibility index (Phi) is 4.13. The highest BCUT2D eigenvalue weighted by molar-refractivity contribution is 4.94. The molecule has 1 fully saturated rings. The van der Waals surface area contributed by atoms with Gasteiger partial charge in [0.2, 0.25) is 0 Å². The van der Waals surface area contributed by atoms with Crippen LogP contribution < -0.4 is 5.73 Å². The maximum atomic E-state index is 12.7. The van der Waals surface area contributed by atoms with Crippen molar-refractivity contribution in [2.24, 2.45) is 5.73 Å². The molecule has 0 radical (unpaired) electrons. The number of hydrogen-bond donors (Lipinski definition) is 1. The van der Waals surface area contributed by atoms with E-state index in [9.17, 15) is 13.2 Å². The molecule has 1 rings (SSSR count). The zero-order valence-electron chi connectivity index (χ0n) is 8.87. The Hall–Kier alpha value is -0.840. The van der Waals surface area contributed by atoms with E-state index in [1.165, 1.54) is 11.8 Å². The van der Waals surface area contributed by atoms with Crippen LogP contribution in [-0.2, 0) is 4.74 Å². The van der Waals surface area contributed by atoms with Crippen molar-refractivity contribution in [2.45, 2.75) is 31.3 Å². The number of halogens is 3. The molecule has 1 heterocycles. The molecule has 0 amide bonds. The van der Waals surface area contributed by atoms with Crippen molar-refractivity contribution >= 4 is 0 Å². The molecule has 0 aromatic carbocycles. The van der Waals surface area contributed by atoms with Crippen molar-refractivity contribution in [1.82, 2.24) is 4.90 Å². The van der Waals surface area contributed by atoms with Gasteiger partial charge in [0.25, 0.3) is 0 Å². The van der Waals surface area contributed by atoms with Gasteiger partial charge in [-0.05, 0) is 6.92 Å². The first-order valence-electron chi connectivity index (χ1n) is 4.94. The van der Waals surface area contributed by atoms with Crippen molar-refractivity contribution in [1.29, 1.82) is 5.26 Å². The van der Waals surface area contributed by atoms with Crippen LogP contribution in [0.15, 0.2) is 0 Å². The first-order valence-corrected chi connectivity index (χ1v) is 4.94. The number of nitrogens with two attached hydrogens (primary N) is 1. The van der Waals surface area contributed by atoms with E-state index < -0.39 is 24.4 Å². The van der Waals surface area contributed by atoms with Gasteiger partial charge in [-0.15, -0.1) is 0 Å². The fraction of sp³-hybridized carbons (Fsp3) is 0.889. The molecule has 2 N–H and O–H groups in total. The van der Waals surface area contributed by atoms with E-state index in [1.807, 2.05) is 6.07 Å². The van der Waals surface area contributed by atoms with Gasteiger partial charge in [-0.3, -0.25) is 4.90 Å². The van der Waals surface area contributed by atoms with Crippen molar-refractivity contribution in [3.05, 3.63) is 0 Å². The van der Waals surface area contributed by atoms with Crippen LogP contribution in [0, 0.1) is 11.3 Å². The fourth-order valence-corrected chi connectivity index (χ4v) is 1.84. The van der Waals surface area contributed by atoms with Crippen molar-refractivity contribution in [3.63, 3.8) is 0 Å². The molecule has 0 aliphatic carbocycles.